The molecule has 0 aliphatic heterocycles. The number of aliphatic carboxylic acids is 1. The Bertz CT molecular complexity index is 2160. The van der Waals surface area contributed by atoms with Gasteiger partial charge in [0.2, 0.25) is 0 Å². The van der Waals surface area contributed by atoms with Crippen LogP contribution in [0.15, 0.2) is 194 Å². The molecule has 9 heteroatoms. The van der Waals surface area contributed by atoms with Gasteiger partial charge in [0.1, 0.15) is 13.2 Å². The monoisotopic (exact) mass is 1230 g/mol. The summed E-state index contributed by atoms with van der Waals surface area (Å²) in [5.74, 6) is -2.11. The molecule has 0 aliphatic carbocycles. The molecule has 0 rings (SSSR count). The van der Waals surface area contributed by atoms with Crippen LogP contribution < -0.4 is 0 Å². The SMILES string of the molecule is CC/C=C\C/C=C\C/C=C\C/C=C\C/C=C\C/C=C\C/C=C\C/C=C\C/C=C\CCCC(=O)OC(COC(=O)CCCCCCCCCCCCCCC/C=C\C/C=C\C/C=C\C/C=C\C/C=C\C/C=C\C/C=C\CC)COC(OCC[N+](C)(C)C)C(=O)O. The normalized spacial score (nSPS) is 13.9. The van der Waals surface area contributed by atoms with Gasteiger partial charge in [-0.15, -0.1) is 0 Å². The number of esters is 2. The Hall–Kier alpha value is -5.87. The number of nitrogens with zero attached hydrogens (tertiary/aromatic N) is 1. The molecule has 0 saturated heterocycles. The van der Waals surface area contributed by atoms with Crippen LogP contribution >= 0.6 is 0 Å². The van der Waals surface area contributed by atoms with Crippen LogP contribution in [0.25, 0.3) is 0 Å². The van der Waals surface area contributed by atoms with Gasteiger partial charge in [0.15, 0.2) is 6.10 Å². The highest BCUT2D eigenvalue weighted by Gasteiger charge is 2.25. The number of unbranched alkanes of at least 4 members (excludes halogenated alkanes) is 14. The van der Waals surface area contributed by atoms with Crippen LogP contribution in [0.1, 0.15) is 232 Å². The van der Waals surface area contributed by atoms with Gasteiger partial charge in [-0.05, 0) is 135 Å². The topological polar surface area (TPSA) is 108 Å². The average Bonchev–Trinajstić information content (AvgIpc) is 3.71. The maximum Gasteiger partial charge on any atom is 0.361 e. The van der Waals surface area contributed by atoms with Crippen molar-refractivity contribution in [1.82, 2.24) is 0 Å². The molecule has 9 nitrogen and oxygen atoms in total. The van der Waals surface area contributed by atoms with Crippen LogP contribution in [0, 0.1) is 0 Å². The van der Waals surface area contributed by atoms with Gasteiger partial charge >= 0.3 is 17.9 Å². The lowest BCUT2D eigenvalue weighted by atomic mass is 10.0. The molecule has 89 heavy (non-hydrogen) atoms. The van der Waals surface area contributed by atoms with Crippen molar-refractivity contribution in [1.29, 1.82) is 0 Å². The molecule has 0 aromatic heterocycles. The smallest absolute Gasteiger partial charge is 0.361 e. The molecule has 1 N–H and O–H groups in total. The van der Waals surface area contributed by atoms with Crippen LogP contribution in [0.2, 0.25) is 0 Å². The zero-order valence-electron chi connectivity index (χ0n) is 56.8. The van der Waals surface area contributed by atoms with E-state index in [0.717, 1.165) is 128 Å². The molecule has 0 aliphatic rings. The predicted molar refractivity (Wildman–Crippen MR) is 382 cm³/mol. The minimum absolute atomic E-state index is 0.166. The maximum absolute atomic E-state index is 12.9. The second-order valence-corrected chi connectivity index (χ2v) is 23.4. The Morgan fingerprint density at radius 2 is 0.618 bits per heavy atom. The fourth-order valence-corrected chi connectivity index (χ4v) is 8.64. The average molecular weight is 1230 g/mol. The summed E-state index contributed by atoms with van der Waals surface area (Å²) in [6, 6.07) is 0. The predicted octanol–water partition coefficient (Wildman–Crippen LogP) is 21.8. The van der Waals surface area contributed by atoms with Crippen molar-refractivity contribution in [2.45, 2.75) is 245 Å². The number of rotatable bonds is 61. The summed E-state index contributed by atoms with van der Waals surface area (Å²) in [6.07, 6.45) is 103. The molecule has 0 fully saturated rings. The molecule has 2 unspecified atom stereocenters. The molecule has 0 bridgehead atoms. The third kappa shape index (κ3) is 69.5. The van der Waals surface area contributed by atoms with Crippen LogP contribution in [-0.2, 0) is 33.3 Å². The first kappa shape index (κ1) is 83.1. The van der Waals surface area contributed by atoms with Gasteiger partial charge < -0.3 is 28.5 Å². The van der Waals surface area contributed by atoms with Crippen molar-refractivity contribution in [2.75, 3.05) is 47.5 Å². The third-order valence-electron chi connectivity index (χ3n) is 13.8. The van der Waals surface area contributed by atoms with E-state index < -0.39 is 24.3 Å². The molecular formula is C80H126NO8+. The van der Waals surface area contributed by atoms with Crippen LogP contribution in [0.4, 0.5) is 0 Å². The third-order valence-corrected chi connectivity index (χ3v) is 13.8. The van der Waals surface area contributed by atoms with E-state index in [9.17, 15) is 19.5 Å². The zero-order valence-corrected chi connectivity index (χ0v) is 56.8. The van der Waals surface area contributed by atoms with Gasteiger partial charge in [0.05, 0.1) is 34.4 Å². The number of carbonyl (C=O) groups is 3. The summed E-state index contributed by atoms with van der Waals surface area (Å²) >= 11 is 0. The summed E-state index contributed by atoms with van der Waals surface area (Å²) in [5, 5.41) is 9.74. The Kier molecular flexibility index (Phi) is 63.6. The molecule has 2 atom stereocenters. The van der Waals surface area contributed by atoms with Crippen LogP contribution in [0.3, 0.4) is 0 Å². The van der Waals surface area contributed by atoms with E-state index in [1.807, 2.05) is 21.1 Å². The van der Waals surface area contributed by atoms with E-state index in [0.29, 0.717) is 23.9 Å². The molecular weight excluding hydrogens is 1100 g/mol. The van der Waals surface area contributed by atoms with E-state index in [1.54, 1.807) is 0 Å². The second-order valence-electron chi connectivity index (χ2n) is 23.4. The molecule has 0 radical (unpaired) electrons. The van der Waals surface area contributed by atoms with E-state index in [2.05, 4.69) is 208 Å². The van der Waals surface area contributed by atoms with E-state index in [1.165, 1.54) is 64.2 Å². The van der Waals surface area contributed by atoms with Crippen molar-refractivity contribution in [3.8, 4) is 0 Å². The van der Waals surface area contributed by atoms with Crippen molar-refractivity contribution >= 4 is 17.9 Å². The molecule has 498 valence electrons. The van der Waals surface area contributed by atoms with Gasteiger partial charge in [-0.2, -0.15) is 0 Å². The number of allylic oxidation sites excluding steroid dienone is 32. The molecule has 0 aromatic carbocycles. The van der Waals surface area contributed by atoms with Crippen molar-refractivity contribution in [3.63, 3.8) is 0 Å². The molecule has 0 aromatic rings. The first-order chi connectivity index (χ1) is 43.6. The summed E-state index contributed by atoms with van der Waals surface area (Å²) in [4.78, 5) is 37.6. The summed E-state index contributed by atoms with van der Waals surface area (Å²) in [6.45, 7) is 4.56. The second kappa shape index (κ2) is 68.0. The zero-order chi connectivity index (χ0) is 64.7. The first-order valence-corrected chi connectivity index (χ1v) is 34.6. The Morgan fingerprint density at radius 1 is 0.337 bits per heavy atom. The number of hydrogen-bond acceptors (Lipinski definition) is 7. The Morgan fingerprint density at radius 3 is 0.933 bits per heavy atom. The summed E-state index contributed by atoms with van der Waals surface area (Å²) in [5.41, 5.74) is 0. The largest absolute Gasteiger partial charge is 0.477 e. The van der Waals surface area contributed by atoms with E-state index in [-0.39, 0.29) is 38.6 Å². The summed E-state index contributed by atoms with van der Waals surface area (Å²) in [7, 11) is 5.94. The quantitative estimate of drug-likeness (QED) is 0.0211. The number of carbonyl (C=O) groups excluding carboxylic acids is 2. The first-order valence-electron chi connectivity index (χ1n) is 34.6. The molecule has 0 heterocycles. The fourth-order valence-electron chi connectivity index (χ4n) is 8.64. The lowest BCUT2D eigenvalue weighted by Gasteiger charge is -2.25. The number of ether oxygens (including phenoxy) is 4. The Labute approximate surface area is 544 Å². The fraction of sp³-hybridized carbons (Fsp3) is 0.562. The van der Waals surface area contributed by atoms with Crippen LogP contribution in [-0.4, -0.2) is 87.4 Å². The number of carboxylic acid groups (broad SMARTS) is 1. The highest BCUT2D eigenvalue weighted by Crippen LogP contribution is 2.15. The highest BCUT2D eigenvalue weighted by molar-refractivity contribution is 5.71. The van der Waals surface area contributed by atoms with Crippen LogP contribution in [0.5, 0.6) is 0 Å². The number of carboxylic acids is 1. The summed E-state index contributed by atoms with van der Waals surface area (Å²) < 4.78 is 22.9. The van der Waals surface area contributed by atoms with Crippen molar-refractivity contribution < 1.29 is 42.9 Å². The lowest BCUT2D eigenvalue weighted by Crippen LogP contribution is -2.40. The van der Waals surface area contributed by atoms with E-state index in [4.69, 9.17) is 18.9 Å². The van der Waals surface area contributed by atoms with Gasteiger partial charge in [-0.25, -0.2) is 4.79 Å². The van der Waals surface area contributed by atoms with Gasteiger partial charge in [0, 0.05) is 12.8 Å². The highest BCUT2D eigenvalue weighted by atomic mass is 16.7. The maximum atomic E-state index is 12.9. The standard InChI is InChI=1S/C80H125NO8/c1-6-8-10-12-14-16-18-20-22-24-26-28-30-32-34-36-37-38-39-40-41-43-44-46-48-50-52-54-56-58-60-62-64-66-68-70-77(82)87-74-76(75-88-80(79(84)85)86-73-72-81(3,4)5)89-78(83)71-69-67-65-63-61-59-57-55-53-51-49-47-45-42-35-33-31-29-27-25-23-21-19-17-15-13-11-9-7-2/h8-11,14-17,20-23,26-29,32-35,37-38,40-41,45,47,51,53,57,59,63,65,76,80H,6-7,12-13,18-19,24-25,30-31,36,39,42-44,46,48-50,52,54-56,58,60-62,64,66-75H2,1-5H3/p+1/b10-8-,11-9-,16-14-,17-15-,22-20-,23-21-,28-26-,29-27-,34-32-,35-33-,38-37-,41-40-,47-45-,53-51-,59-57-,65-63-. The molecule has 0 amide bonds. The van der Waals surface area contributed by atoms with Crippen molar-refractivity contribution in [2.24, 2.45) is 0 Å². The number of quaternary nitrogens is 1. The van der Waals surface area contributed by atoms with Gasteiger partial charge in [-0.1, -0.05) is 279 Å². The van der Waals surface area contributed by atoms with Gasteiger partial charge in [0.25, 0.3) is 6.29 Å². The van der Waals surface area contributed by atoms with Crippen molar-refractivity contribution in [3.05, 3.63) is 194 Å². The minimum Gasteiger partial charge on any atom is -0.477 e. The van der Waals surface area contributed by atoms with E-state index >= 15 is 0 Å². The molecule has 0 saturated carbocycles. The number of likely N-dealkylation sites (N-methyl/N-ethyl adjacent to an activating group) is 1. The van der Waals surface area contributed by atoms with Gasteiger partial charge in [-0.3, -0.25) is 9.59 Å². The number of hydrogen-bond donors (Lipinski definition) is 1. The Balaban J connectivity index is 4.27. The molecule has 0 spiro atoms. The minimum atomic E-state index is -1.54. The lowest BCUT2D eigenvalue weighted by molar-refractivity contribution is -0.870.